The summed E-state index contributed by atoms with van der Waals surface area (Å²) < 4.78 is 4.75. The van der Waals surface area contributed by atoms with Crippen LogP contribution >= 0.6 is 0 Å². The molecule has 4 nitrogen and oxygen atoms in total. The molecule has 0 aliphatic carbocycles. The van der Waals surface area contributed by atoms with Crippen LogP contribution in [0.3, 0.4) is 0 Å². The molecule has 10 heavy (non-hydrogen) atoms. The van der Waals surface area contributed by atoms with Gasteiger partial charge < -0.3 is 15.4 Å². The Kier molecular flexibility index (Phi) is 4.66. The zero-order valence-electron chi connectivity index (χ0n) is 6.17. The summed E-state index contributed by atoms with van der Waals surface area (Å²) in [6, 6.07) is -0.452. The molecule has 0 bridgehead atoms. The second-order valence-corrected chi connectivity index (χ2v) is 1.82. The van der Waals surface area contributed by atoms with Crippen LogP contribution < -0.4 is 5.73 Å². The number of urea groups is 1. The number of nitrogens with zero attached hydrogens (tertiary/aromatic N) is 1. The molecule has 2 amide bonds. The Morgan fingerprint density at radius 1 is 1.80 bits per heavy atom. The first-order valence-corrected chi connectivity index (χ1v) is 3.05. The van der Waals surface area contributed by atoms with Crippen LogP contribution in [-0.2, 0) is 4.74 Å². The van der Waals surface area contributed by atoms with Gasteiger partial charge in [-0.05, 0) is 6.92 Å². The van der Waals surface area contributed by atoms with Gasteiger partial charge in [-0.15, -0.1) is 0 Å². The van der Waals surface area contributed by atoms with Crippen molar-refractivity contribution in [3.8, 4) is 0 Å². The van der Waals surface area contributed by atoms with Crippen LogP contribution in [0.15, 0.2) is 0 Å². The van der Waals surface area contributed by atoms with Crippen molar-refractivity contribution < 1.29 is 9.53 Å². The van der Waals surface area contributed by atoms with Crippen LogP contribution in [-0.4, -0.2) is 37.7 Å². The van der Waals surface area contributed by atoms with Crippen molar-refractivity contribution in [2.45, 2.75) is 0 Å². The molecule has 0 heterocycles. The first-order chi connectivity index (χ1) is 4.72. The van der Waals surface area contributed by atoms with E-state index in [1.165, 1.54) is 4.90 Å². The minimum absolute atomic E-state index is 0.388. The van der Waals surface area contributed by atoms with E-state index in [2.05, 4.69) is 6.92 Å². The predicted molar refractivity (Wildman–Crippen MR) is 38.4 cm³/mol. The van der Waals surface area contributed by atoms with Gasteiger partial charge in [0, 0.05) is 20.2 Å². The summed E-state index contributed by atoms with van der Waals surface area (Å²) in [5.41, 5.74) is 4.98. The molecule has 0 unspecified atom stereocenters. The maximum absolute atomic E-state index is 10.5. The Labute approximate surface area is 60.9 Å². The van der Waals surface area contributed by atoms with Crippen molar-refractivity contribution >= 4 is 6.03 Å². The molecule has 0 saturated carbocycles. The fourth-order valence-electron chi connectivity index (χ4n) is 0.534. The topological polar surface area (TPSA) is 55.6 Å². The maximum Gasteiger partial charge on any atom is 0.314 e. The molecule has 0 fully saturated rings. The number of methoxy groups -OCH3 is 1. The minimum atomic E-state index is -0.452. The summed E-state index contributed by atoms with van der Waals surface area (Å²) in [5, 5.41) is 0. The van der Waals surface area contributed by atoms with Gasteiger partial charge >= 0.3 is 6.03 Å². The average Bonchev–Trinajstić information content (AvgIpc) is 1.89. The van der Waals surface area contributed by atoms with Gasteiger partial charge in [-0.3, -0.25) is 0 Å². The molecular formula is C6H13N2O2. The quantitative estimate of drug-likeness (QED) is 0.598. The van der Waals surface area contributed by atoms with E-state index in [4.69, 9.17) is 10.5 Å². The Balaban J connectivity index is 3.50. The molecule has 0 aromatic carbocycles. The second-order valence-electron chi connectivity index (χ2n) is 1.82. The number of amides is 2. The van der Waals surface area contributed by atoms with E-state index in [-0.39, 0.29) is 0 Å². The van der Waals surface area contributed by atoms with Crippen molar-refractivity contribution in [2.75, 3.05) is 26.8 Å². The van der Waals surface area contributed by atoms with Crippen LogP contribution in [0.1, 0.15) is 0 Å². The highest BCUT2D eigenvalue weighted by molar-refractivity contribution is 5.71. The number of rotatable bonds is 4. The fourth-order valence-corrected chi connectivity index (χ4v) is 0.534. The van der Waals surface area contributed by atoms with Gasteiger partial charge in [0.05, 0.1) is 6.61 Å². The predicted octanol–water partition coefficient (Wildman–Crippen LogP) is -0.152. The standard InChI is InChI=1S/C6H13N2O2/c1-3-8(6(7)9)4-5-10-2/h1,3-5H2,2H3,(H2,7,9). The van der Waals surface area contributed by atoms with Crippen molar-refractivity contribution in [3.05, 3.63) is 6.92 Å². The molecule has 0 aliphatic rings. The van der Waals surface area contributed by atoms with Gasteiger partial charge in [-0.25, -0.2) is 4.79 Å². The van der Waals surface area contributed by atoms with Crippen molar-refractivity contribution in [1.82, 2.24) is 4.90 Å². The molecule has 0 spiro atoms. The van der Waals surface area contributed by atoms with E-state index in [1.807, 2.05) is 0 Å². The molecule has 4 heteroatoms. The summed E-state index contributed by atoms with van der Waals surface area (Å²) in [6.45, 7) is 4.93. The zero-order chi connectivity index (χ0) is 7.98. The summed E-state index contributed by atoms with van der Waals surface area (Å²) in [4.78, 5) is 11.9. The van der Waals surface area contributed by atoms with Gasteiger partial charge in [-0.2, -0.15) is 0 Å². The minimum Gasteiger partial charge on any atom is -0.383 e. The highest BCUT2D eigenvalue weighted by atomic mass is 16.5. The highest BCUT2D eigenvalue weighted by Gasteiger charge is 2.04. The lowest BCUT2D eigenvalue weighted by Crippen LogP contribution is -2.37. The molecule has 0 saturated heterocycles. The Hall–Kier alpha value is -0.770. The first-order valence-electron chi connectivity index (χ1n) is 3.05. The number of ether oxygens (including phenoxy) is 1. The third kappa shape index (κ3) is 3.29. The van der Waals surface area contributed by atoms with Crippen molar-refractivity contribution in [3.63, 3.8) is 0 Å². The smallest absolute Gasteiger partial charge is 0.314 e. The molecule has 59 valence electrons. The normalized spacial score (nSPS) is 9.40. The lowest BCUT2D eigenvalue weighted by atomic mass is 10.5. The van der Waals surface area contributed by atoms with Crippen LogP contribution in [0.5, 0.6) is 0 Å². The Bertz CT molecular complexity index is 106. The van der Waals surface area contributed by atoms with E-state index in [9.17, 15) is 4.79 Å². The lowest BCUT2D eigenvalue weighted by Gasteiger charge is -2.16. The molecular weight excluding hydrogens is 132 g/mol. The van der Waals surface area contributed by atoms with Crippen molar-refractivity contribution in [2.24, 2.45) is 5.73 Å². The van der Waals surface area contributed by atoms with E-state index < -0.39 is 6.03 Å². The average molecular weight is 145 g/mol. The summed E-state index contributed by atoms with van der Waals surface area (Å²) in [5.74, 6) is 0. The molecule has 1 radical (unpaired) electrons. The zero-order valence-corrected chi connectivity index (χ0v) is 6.17. The van der Waals surface area contributed by atoms with E-state index in [1.54, 1.807) is 7.11 Å². The molecule has 0 aromatic heterocycles. The van der Waals surface area contributed by atoms with Gasteiger partial charge in [0.1, 0.15) is 0 Å². The fraction of sp³-hybridized carbons (Fsp3) is 0.667. The third-order valence-electron chi connectivity index (χ3n) is 1.15. The number of primary amides is 1. The van der Waals surface area contributed by atoms with Crippen LogP contribution in [0.2, 0.25) is 0 Å². The summed E-state index contributed by atoms with van der Waals surface area (Å²) >= 11 is 0. The van der Waals surface area contributed by atoms with Gasteiger partial charge in [0.15, 0.2) is 0 Å². The molecule has 0 rings (SSSR count). The number of hydrogen-bond acceptors (Lipinski definition) is 2. The van der Waals surface area contributed by atoms with E-state index in [0.29, 0.717) is 19.7 Å². The van der Waals surface area contributed by atoms with E-state index >= 15 is 0 Å². The first kappa shape index (κ1) is 9.23. The summed E-state index contributed by atoms with van der Waals surface area (Å²) in [6.07, 6.45) is 0. The third-order valence-corrected chi connectivity index (χ3v) is 1.15. The Morgan fingerprint density at radius 3 is 2.70 bits per heavy atom. The van der Waals surface area contributed by atoms with Gasteiger partial charge in [-0.1, -0.05) is 0 Å². The van der Waals surface area contributed by atoms with E-state index in [0.717, 1.165) is 0 Å². The van der Waals surface area contributed by atoms with Gasteiger partial charge in [0.25, 0.3) is 0 Å². The monoisotopic (exact) mass is 145 g/mol. The highest BCUT2D eigenvalue weighted by Crippen LogP contribution is 1.85. The molecule has 2 N–H and O–H groups in total. The second kappa shape index (κ2) is 5.05. The number of hydrogen-bond donors (Lipinski definition) is 1. The summed E-state index contributed by atoms with van der Waals surface area (Å²) in [7, 11) is 1.57. The number of carbonyl (C=O) groups excluding carboxylic acids is 1. The van der Waals surface area contributed by atoms with Crippen molar-refractivity contribution in [1.29, 1.82) is 0 Å². The Morgan fingerprint density at radius 2 is 2.40 bits per heavy atom. The maximum atomic E-state index is 10.5. The van der Waals surface area contributed by atoms with Crippen LogP contribution in [0.25, 0.3) is 0 Å². The SMILES string of the molecule is [CH2]CN(CCOC)C(N)=O. The van der Waals surface area contributed by atoms with Crippen LogP contribution in [0.4, 0.5) is 4.79 Å². The molecule has 0 aliphatic heterocycles. The van der Waals surface area contributed by atoms with Gasteiger partial charge in [0.2, 0.25) is 0 Å². The molecule has 0 aromatic rings. The largest absolute Gasteiger partial charge is 0.383 e. The number of carbonyl (C=O) groups is 1. The molecule has 0 atom stereocenters. The lowest BCUT2D eigenvalue weighted by molar-refractivity contribution is 0.158. The van der Waals surface area contributed by atoms with Crippen LogP contribution in [0, 0.1) is 6.92 Å². The number of nitrogens with two attached hydrogens (primary N) is 1.